The second-order valence-corrected chi connectivity index (χ2v) is 8.68. The normalized spacial score (nSPS) is 11.7. The molecule has 2 amide bonds. The molecule has 0 aliphatic heterocycles. The van der Waals surface area contributed by atoms with E-state index < -0.39 is 30.2 Å². The first-order valence-corrected chi connectivity index (χ1v) is 11.6. The molecule has 3 aromatic carbocycles. The second kappa shape index (κ2) is 12.6. The Hall–Kier alpha value is -3.74. The van der Waals surface area contributed by atoms with Crippen molar-refractivity contribution in [3.63, 3.8) is 0 Å². The van der Waals surface area contributed by atoms with Gasteiger partial charge in [-0.05, 0) is 29.7 Å². The number of nitrogens with one attached hydrogen (secondary N) is 1. The van der Waals surface area contributed by atoms with Crippen LogP contribution in [-0.4, -0.2) is 35.9 Å². The molecule has 0 heterocycles. The Morgan fingerprint density at radius 1 is 0.886 bits per heavy atom. The average molecular weight is 481 g/mol. The van der Waals surface area contributed by atoms with Gasteiger partial charge in [-0.1, -0.05) is 74.5 Å². The quantitative estimate of drug-likeness (QED) is 0.431. The lowest BCUT2D eigenvalue weighted by Gasteiger charge is -2.31. The number of ether oxygens (including phenoxy) is 1. The largest absolute Gasteiger partial charge is 0.481 e. The monoisotopic (exact) mass is 480 g/mol. The molecule has 1 N–H and O–H groups in total. The van der Waals surface area contributed by atoms with E-state index >= 15 is 0 Å². The molecule has 3 rings (SSSR count). The van der Waals surface area contributed by atoms with Crippen molar-refractivity contribution in [1.29, 1.82) is 0 Å². The summed E-state index contributed by atoms with van der Waals surface area (Å²) in [5, 5.41) is 2.89. The molecule has 0 bridgehead atoms. The summed E-state index contributed by atoms with van der Waals surface area (Å²) in [4.78, 5) is 28.0. The molecular weight excluding hydrogens is 450 g/mol. The lowest BCUT2D eigenvalue weighted by molar-refractivity contribution is -0.142. The van der Waals surface area contributed by atoms with Crippen molar-refractivity contribution < 1.29 is 23.1 Å². The molecule has 0 unspecified atom stereocenters. The summed E-state index contributed by atoms with van der Waals surface area (Å²) in [7, 11) is 0. The van der Waals surface area contributed by atoms with Gasteiger partial charge in [0.25, 0.3) is 5.91 Å². The molecule has 0 saturated carbocycles. The number of carbonyl (C=O) groups is 2. The predicted molar refractivity (Wildman–Crippen MR) is 131 cm³/mol. The van der Waals surface area contributed by atoms with Crippen LogP contribution in [0, 0.1) is 17.6 Å². The Morgan fingerprint density at radius 3 is 2.17 bits per heavy atom. The number of para-hydroxylation sites is 1. The fourth-order valence-electron chi connectivity index (χ4n) is 3.57. The van der Waals surface area contributed by atoms with Gasteiger partial charge in [0, 0.05) is 25.1 Å². The maximum atomic E-state index is 14.5. The van der Waals surface area contributed by atoms with Crippen LogP contribution in [0.2, 0.25) is 0 Å². The first-order valence-electron chi connectivity index (χ1n) is 11.6. The summed E-state index contributed by atoms with van der Waals surface area (Å²) >= 11 is 0. The molecule has 184 valence electrons. The zero-order valence-electron chi connectivity index (χ0n) is 19.9. The predicted octanol–water partition coefficient (Wildman–Crippen LogP) is 4.76. The van der Waals surface area contributed by atoms with Crippen LogP contribution in [0.15, 0.2) is 78.9 Å². The smallest absolute Gasteiger partial charge is 0.261 e. The zero-order valence-corrected chi connectivity index (χ0v) is 19.9. The highest BCUT2D eigenvalue weighted by atomic mass is 19.1. The number of carbonyl (C=O) groups excluding carboxylic acids is 2. The highest BCUT2D eigenvalue weighted by Crippen LogP contribution is 2.19. The molecule has 7 heteroatoms. The van der Waals surface area contributed by atoms with Crippen molar-refractivity contribution >= 4 is 11.8 Å². The number of amides is 2. The van der Waals surface area contributed by atoms with Gasteiger partial charge in [-0.2, -0.15) is 0 Å². The van der Waals surface area contributed by atoms with Crippen LogP contribution in [0.5, 0.6) is 5.75 Å². The van der Waals surface area contributed by atoms with Crippen LogP contribution in [0.25, 0.3) is 0 Å². The Labute approximate surface area is 204 Å². The summed E-state index contributed by atoms with van der Waals surface area (Å²) in [6.07, 6.45) is 0.227. The van der Waals surface area contributed by atoms with Crippen LogP contribution < -0.4 is 10.1 Å². The number of hydrogen-bond donors (Lipinski definition) is 1. The van der Waals surface area contributed by atoms with Crippen LogP contribution in [0.1, 0.15) is 25.0 Å². The van der Waals surface area contributed by atoms with Crippen molar-refractivity contribution in [2.24, 2.45) is 5.92 Å². The molecule has 3 aromatic rings. The number of halogens is 2. The van der Waals surface area contributed by atoms with E-state index in [2.05, 4.69) is 5.32 Å². The van der Waals surface area contributed by atoms with Crippen molar-refractivity contribution in [1.82, 2.24) is 10.2 Å². The number of hydrogen-bond acceptors (Lipinski definition) is 3. The average Bonchev–Trinajstić information content (AvgIpc) is 2.85. The Morgan fingerprint density at radius 2 is 1.51 bits per heavy atom. The van der Waals surface area contributed by atoms with Crippen molar-refractivity contribution in [2.45, 2.75) is 32.9 Å². The lowest BCUT2D eigenvalue weighted by Crippen LogP contribution is -2.52. The highest BCUT2D eigenvalue weighted by molar-refractivity contribution is 5.88. The third-order valence-electron chi connectivity index (χ3n) is 5.44. The van der Waals surface area contributed by atoms with E-state index in [1.165, 1.54) is 29.2 Å². The fraction of sp³-hybridized carbons (Fsp3) is 0.286. The molecule has 0 aromatic heterocycles. The first-order chi connectivity index (χ1) is 16.8. The van der Waals surface area contributed by atoms with E-state index in [4.69, 9.17) is 4.74 Å². The summed E-state index contributed by atoms with van der Waals surface area (Å²) in [6, 6.07) is 20.2. The Kier molecular flexibility index (Phi) is 9.35. The first kappa shape index (κ1) is 25.9. The van der Waals surface area contributed by atoms with Gasteiger partial charge in [-0.3, -0.25) is 9.59 Å². The fourth-order valence-corrected chi connectivity index (χ4v) is 3.57. The standard InChI is InChI=1S/C28H30F2N2O3/c1-20(2)17-31-28(34)25(16-21-10-4-3-5-11-21)32(18-22-12-6-7-13-23(22)29)27(33)19-35-26-15-9-8-14-24(26)30/h3-15,20,25H,16-19H2,1-2H3,(H,31,34)/t25-/m1/s1. The van der Waals surface area contributed by atoms with Gasteiger partial charge in [0.05, 0.1) is 0 Å². The van der Waals surface area contributed by atoms with Gasteiger partial charge in [0.15, 0.2) is 18.2 Å². The van der Waals surface area contributed by atoms with Gasteiger partial charge >= 0.3 is 0 Å². The third kappa shape index (κ3) is 7.64. The van der Waals surface area contributed by atoms with E-state index in [-0.39, 0.29) is 36.1 Å². The minimum absolute atomic E-state index is 0.0736. The SMILES string of the molecule is CC(C)CNC(=O)[C@@H](Cc1ccccc1)N(Cc1ccccc1F)C(=O)COc1ccccc1F. The van der Waals surface area contributed by atoms with Crippen molar-refractivity contribution in [3.8, 4) is 5.75 Å². The second-order valence-electron chi connectivity index (χ2n) is 8.68. The number of rotatable bonds is 11. The van der Waals surface area contributed by atoms with Gasteiger partial charge < -0.3 is 15.0 Å². The van der Waals surface area contributed by atoms with Gasteiger partial charge in [0.2, 0.25) is 5.91 Å². The van der Waals surface area contributed by atoms with Gasteiger partial charge in [-0.25, -0.2) is 8.78 Å². The molecular formula is C28H30F2N2O3. The summed E-state index contributed by atoms with van der Waals surface area (Å²) in [6.45, 7) is 3.72. The number of nitrogens with zero attached hydrogens (tertiary/aromatic N) is 1. The number of benzene rings is 3. The minimum atomic E-state index is -0.924. The molecule has 0 radical (unpaired) electrons. The van der Waals surface area contributed by atoms with E-state index in [0.717, 1.165) is 5.56 Å². The van der Waals surface area contributed by atoms with E-state index in [9.17, 15) is 18.4 Å². The van der Waals surface area contributed by atoms with E-state index in [0.29, 0.717) is 6.54 Å². The van der Waals surface area contributed by atoms with Crippen LogP contribution >= 0.6 is 0 Å². The van der Waals surface area contributed by atoms with Gasteiger partial charge in [-0.15, -0.1) is 0 Å². The highest BCUT2D eigenvalue weighted by Gasteiger charge is 2.31. The summed E-state index contributed by atoms with van der Waals surface area (Å²) in [5.74, 6) is -1.86. The molecule has 5 nitrogen and oxygen atoms in total. The van der Waals surface area contributed by atoms with E-state index in [1.807, 2.05) is 44.2 Å². The molecule has 0 spiro atoms. The van der Waals surface area contributed by atoms with Crippen LogP contribution in [-0.2, 0) is 22.6 Å². The maximum Gasteiger partial charge on any atom is 0.261 e. The van der Waals surface area contributed by atoms with Gasteiger partial charge in [0.1, 0.15) is 11.9 Å². The molecule has 0 fully saturated rings. The zero-order chi connectivity index (χ0) is 25.2. The lowest BCUT2D eigenvalue weighted by atomic mass is 10.0. The molecule has 35 heavy (non-hydrogen) atoms. The van der Waals surface area contributed by atoms with Crippen molar-refractivity contribution in [2.75, 3.05) is 13.2 Å². The van der Waals surface area contributed by atoms with Crippen LogP contribution in [0.3, 0.4) is 0 Å². The van der Waals surface area contributed by atoms with Crippen molar-refractivity contribution in [3.05, 3.63) is 102 Å². The summed E-state index contributed by atoms with van der Waals surface area (Å²) < 4.78 is 34.0. The molecule has 0 aliphatic rings. The Balaban J connectivity index is 1.92. The minimum Gasteiger partial charge on any atom is -0.481 e. The Bertz CT molecular complexity index is 1120. The molecule has 1 atom stereocenters. The van der Waals surface area contributed by atoms with Crippen LogP contribution in [0.4, 0.5) is 8.78 Å². The molecule has 0 aliphatic carbocycles. The molecule has 0 saturated heterocycles. The topological polar surface area (TPSA) is 58.6 Å². The van der Waals surface area contributed by atoms with E-state index in [1.54, 1.807) is 24.3 Å². The summed E-state index contributed by atoms with van der Waals surface area (Å²) in [5.41, 5.74) is 1.11. The third-order valence-corrected chi connectivity index (χ3v) is 5.44. The maximum absolute atomic E-state index is 14.5.